The number of hydrogen-bond acceptors (Lipinski definition) is 3. The van der Waals surface area contributed by atoms with Crippen LogP contribution >= 0.6 is 11.6 Å². The van der Waals surface area contributed by atoms with Crippen LogP contribution in [0.2, 0.25) is 5.02 Å². The van der Waals surface area contributed by atoms with Gasteiger partial charge in [-0.15, -0.1) is 0 Å². The predicted molar refractivity (Wildman–Crippen MR) is 58.3 cm³/mol. The summed E-state index contributed by atoms with van der Waals surface area (Å²) in [4.78, 5) is 0.211. The van der Waals surface area contributed by atoms with Gasteiger partial charge in [0.2, 0.25) is 9.84 Å². The van der Waals surface area contributed by atoms with Crippen LogP contribution in [0.1, 0.15) is 12.5 Å². The first-order valence-electron chi connectivity index (χ1n) is 4.36. The van der Waals surface area contributed by atoms with Gasteiger partial charge in [0.15, 0.2) is 0 Å². The second-order valence-electron chi connectivity index (χ2n) is 3.43. The molecule has 0 spiro atoms. The zero-order chi connectivity index (χ0) is 11.2. The van der Waals surface area contributed by atoms with Gasteiger partial charge in [0, 0.05) is 21.6 Å². The lowest BCUT2D eigenvalue weighted by molar-refractivity contribution is 0.253. The molecule has 80 valence electrons. The Morgan fingerprint density at radius 1 is 1.40 bits per heavy atom. The SMILES string of the molecule is CC(O)C1=CS(=O)(=O)c2ccc(Cl)cc21. The summed E-state index contributed by atoms with van der Waals surface area (Å²) in [6, 6.07) is 4.54. The maximum absolute atomic E-state index is 11.6. The van der Waals surface area contributed by atoms with Crippen molar-refractivity contribution >= 4 is 27.0 Å². The second-order valence-corrected chi connectivity index (χ2v) is 5.64. The van der Waals surface area contributed by atoms with E-state index in [0.717, 1.165) is 5.41 Å². The van der Waals surface area contributed by atoms with E-state index < -0.39 is 15.9 Å². The number of halogens is 1. The third-order valence-electron chi connectivity index (χ3n) is 2.29. The monoisotopic (exact) mass is 244 g/mol. The van der Waals surface area contributed by atoms with E-state index in [0.29, 0.717) is 16.2 Å². The summed E-state index contributed by atoms with van der Waals surface area (Å²) in [5.74, 6) is 0. The van der Waals surface area contributed by atoms with Crippen LogP contribution in [0.15, 0.2) is 28.5 Å². The third-order valence-corrected chi connectivity index (χ3v) is 4.06. The summed E-state index contributed by atoms with van der Waals surface area (Å²) in [6.07, 6.45) is -0.820. The average Bonchev–Trinajstić information content (AvgIpc) is 2.38. The minimum atomic E-state index is -3.40. The van der Waals surface area contributed by atoms with E-state index in [1.54, 1.807) is 6.07 Å². The first-order chi connectivity index (χ1) is 6.92. The Morgan fingerprint density at radius 3 is 2.67 bits per heavy atom. The number of aliphatic hydroxyl groups is 1. The van der Waals surface area contributed by atoms with E-state index in [1.807, 2.05) is 0 Å². The van der Waals surface area contributed by atoms with Crippen molar-refractivity contribution in [2.24, 2.45) is 0 Å². The van der Waals surface area contributed by atoms with Crippen LogP contribution in [0.3, 0.4) is 0 Å². The molecule has 5 heteroatoms. The molecule has 2 rings (SSSR count). The van der Waals surface area contributed by atoms with Crippen LogP contribution in [0.25, 0.3) is 5.57 Å². The molecule has 1 aromatic carbocycles. The predicted octanol–water partition coefficient (Wildman–Crippen LogP) is 1.85. The fraction of sp³-hybridized carbons (Fsp3) is 0.200. The Labute approximate surface area is 92.9 Å². The van der Waals surface area contributed by atoms with Gasteiger partial charge in [-0.3, -0.25) is 0 Å². The van der Waals surface area contributed by atoms with E-state index in [9.17, 15) is 13.5 Å². The van der Waals surface area contributed by atoms with E-state index in [2.05, 4.69) is 0 Å². The average molecular weight is 245 g/mol. The molecule has 3 nitrogen and oxygen atoms in total. The van der Waals surface area contributed by atoms with E-state index in [-0.39, 0.29) is 4.90 Å². The van der Waals surface area contributed by atoms with Crippen molar-refractivity contribution in [2.45, 2.75) is 17.9 Å². The molecule has 0 radical (unpaired) electrons. The summed E-state index contributed by atoms with van der Waals surface area (Å²) in [5, 5.41) is 11.0. The van der Waals surface area contributed by atoms with Gasteiger partial charge in [0.25, 0.3) is 0 Å². The maximum atomic E-state index is 11.6. The molecule has 1 heterocycles. The summed E-state index contributed by atoms with van der Waals surface area (Å²) >= 11 is 5.78. The Balaban J connectivity index is 2.74. The van der Waals surface area contributed by atoms with Crippen LogP contribution in [-0.4, -0.2) is 19.6 Å². The fourth-order valence-electron chi connectivity index (χ4n) is 1.59. The van der Waals surface area contributed by atoms with Crippen LogP contribution < -0.4 is 0 Å². The van der Waals surface area contributed by atoms with Gasteiger partial charge >= 0.3 is 0 Å². The summed E-state index contributed by atoms with van der Waals surface area (Å²) in [7, 11) is -3.40. The highest BCUT2D eigenvalue weighted by Crippen LogP contribution is 2.36. The molecule has 1 N–H and O–H groups in total. The van der Waals surface area contributed by atoms with Gasteiger partial charge in [0.05, 0.1) is 11.0 Å². The molecule has 0 fully saturated rings. The smallest absolute Gasteiger partial charge is 0.200 e. The third kappa shape index (κ3) is 1.69. The highest BCUT2D eigenvalue weighted by Gasteiger charge is 2.28. The first-order valence-corrected chi connectivity index (χ1v) is 6.29. The van der Waals surface area contributed by atoms with Crippen LogP contribution in [0.4, 0.5) is 0 Å². The van der Waals surface area contributed by atoms with Gasteiger partial charge < -0.3 is 5.11 Å². The van der Waals surface area contributed by atoms with Gasteiger partial charge in [0.1, 0.15) is 0 Å². The molecule has 0 saturated carbocycles. The van der Waals surface area contributed by atoms with Crippen molar-refractivity contribution < 1.29 is 13.5 Å². The lowest BCUT2D eigenvalue weighted by Gasteiger charge is -2.06. The molecule has 0 aromatic heterocycles. The molecule has 1 unspecified atom stereocenters. The summed E-state index contributed by atoms with van der Waals surface area (Å²) < 4.78 is 23.3. The topological polar surface area (TPSA) is 54.4 Å². The largest absolute Gasteiger partial charge is 0.389 e. The van der Waals surface area contributed by atoms with Crippen molar-refractivity contribution in [1.29, 1.82) is 0 Å². The molecule has 0 aliphatic carbocycles. The Morgan fingerprint density at radius 2 is 2.07 bits per heavy atom. The number of rotatable bonds is 1. The normalized spacial score (nSPS) is 19.5. The van der Waals surface area contributed by atoms with Crippen LogP contribution in [0, 0.1) is 0 Å². The van der Waals surface area contributed by atoms with Crippen molar-refractivity contribution in [3.63, 3.8) is 0 Å². The summed E-state index contributed by atoms with van der Waals surface area (Å²) in [6.45, 7) is 1.53. The molecule has 0 saturated heterocycles. The Bertz CT molecular complexity index is 544. The highest BCUT2D eigenvalue weighted by molar-refractivity contribution is 7.95. The number of hydrogen-bond donors (Lipinski definition) is 1. The molecular weight excluding hydrogens is 236 g/mol. The highest BCUT2D eigenvalue weighted by atomic mass is 35.5. The number of benzene rings is 1. The van der Waals surface area contributed by atoms with Crippen LogP contribution in [-0.2, 0) is 9.84 Å². The van der Waals surface area contributed by atoms with Crippen molar-refractivity contribution in [1.82, 2.24) is 0 Å². The van der Waals surface area contributed by atoms with E-state index in [1.165, 1.54) is 19.1 Å². The number of sulfone groups is 1. The number of fused-ring (bicyclic) bond motifs is 1. The first kappa shape index (κ1) is 10.7. The second kappa shape index (κ2) is 3.33. The lowest BCUT2D eigenvalue weighted by Crippen LogP contribution is -2.01. The zero-order valence-electron chi connectivity index (χ0n) is 7.94. The number of aliphatic hydroxyl groups excluding tert-OH is 1. The minimum Gasteiger partial charge on any atom is -0.389 e. The molecule has 0 bridgehead atoms. The lowest BCUT2D eigenvalue weighted by atomic mass is 10.0. The molecule has 1 aliphatic heterocycles. The zero-order valence-corrected chi connectivity index (χ0v) is 9.51. The van der Waals surface area contributed by atoms with Gasteiger partial charge in [-0.25, -0.2) is 8.42 Å². The molecular formula is C10H9ClO3S. The fourth-order valence-corrected chi connectivity index (χ4v) is 3.29. The van der Waals surface area contributed by atoms with Crippen molar-refractivity contribution in [3.8, 4) is 0 Å². The minimum absolute atomic E-state index is 0.211. The van der Waals surface area contributed by atoms with Gasteiger partial charge in [-0.1, -0.05) is 11.6 Å². The quantitative estimate of drug-likeness (QED) is 0.820. The van der Waals surface area contributed by atoms with Gasteiger partial charge in [-0.2, -0.15) is 0 Å². The molecule has 1 atom stereocenters. The van der Waals surface area contributed by atoms with Crippen molar-refractivity contribution in [2.75, 3.05) is 0 Å². The molecule has 1 aromatic rings. The summed E-state index contributed by atoms with van der Waals surface area (Å²) in [5.41, 5.74) is 0.894. The Hall–Kier alpha value is -0.840. The molecule has 15 heavy (non-hydrogen) atoms. The maximum Gasteiger partial charge on any atom is 0.200 e. The Kier molecular flexibility index (Phi) is 2.37. The molecule has 1 aliphatic rings. The molecule has 0 amide bonds. The van der Waals surface area contributed by atoms with Gasteiger partial charge in [-0.05, 0) is 25.1 Å². The standard InChI is InChI=1S/C10H9ClO3S/c1-6(12)9-5-15(13,14)10-3-2-7(11)4-8(9)10/h2-6,12H,1H3. The van der Waals surface area contributed by atoms with E-state index in [4.69, 9.17) is 11.6 Å². The van der Waals surface area contributed by atoms with E-state index >= 15 is 0 Å². The van der Waals surface area contributed by atoms with Crippen LogP contribution in [0.5, 0.6) is 0 Å². The van der Waals surface area contributed by atoms with Crippen molar-refractivity contribution in [3.05, 3.63) is 34.2 Å².